The number of H-pyrrole nitrogens is 1. The summed E-state index contributed by atoms with van der Waals surface area (Å²) in [6.07, 6.45) is 3.22. The molecule has 9 heteroatoms. The Labute approximate surface area is 113 Å². The first-order valence-corrected chi connectivity index (χ1v) is 5.95. The van der Waals surface area contributed by atoms with Crippen LogP contribution in [0.4, 0.5) is 0 Å². The van der Waals surface area contributed by atoms with Crippen molar-refractivity contribution in [1.82, 2.24) is 29.6 Å². The minimum Gasteiger partial charge on any atom is -0.354 e. The summed E-state index contributed by atoms with van der Waals surface area (Å²) >= 11 is 0. The second-order valence-corrected chi connectivity index (χ2v) is 4.16. The third-order valence-electron chi connectivity index (χ3n) is 2.72. The monoisotopic (exact) mass is 278 g/mol. The molecule has 2 N–H and O–H groups in total. The number of aromatic nitrogens is 5. The topological polar surface area (TPSA) is 115 Å². The minimum absolute atomic E-state index is 0.136. The molecule has 0 fully saturated rings. The summed E-state index contributed by atoms with van der Waals surface area (Å²) in [5.74, 6) is 0.356. The van der Waals surface area contributed by atoms with E-state index >= 15 is 0 Å². The average Bonchev–Trinajstić information content (AvgIpc) is 2.93. The summed E-state index contributed by atoms with van der Waals surface area (Å²) in [5, 5.41) is 9.03. The van der Waals surface area contributed by atoms with Crippen LogP contribution in [-0.2, 0) is 24.8 Å². The van der Waals surface area contributed by atoms with Gasteiger partial charge in [-0.25, -0.2) is 9.78 Å². The molecule has 0 saturated carbocycles. The quantitative estimate of drug-likeness (QED) is 0.658. The van der Waals surface area contributed by atoms with Crippen molar-refractivity contribution >= 4 is 5.91 Å². The van der Waals surface area contributed by atoms with Gasteiger partial charge in [-0.2, -0.15) is 5.10 Å². The highest BCUT2D eigenvalue weighted by molar-refractivity contribution is 5.75. The van der Waals surface area contributed by atoms with Gasteiger partial charge in [0.05, 0.1) is 0 Å². The second kappa shape index (κ2) is 5.95. The molecule has 0 aliphatic heterocycles. The molecule has 0 bridgehead atoms. The molecular formula is C11H14N6O3. The third-order valence-corrected chi connectivity index (χ3v) is 2.72. The molecule has 0 aliphatic carbocycles. The number of nitrogens with zero attached hydrogens (tertiary/aromatic N) is 4. The van der Waals surface area contributed by atoms with Gasteiger partial charge in [-0.05, 0) is 0 Å². The first-order chi connectivity index (χ1) is 9.58. The fourth-order valence-corrected chi connectivity index (χ4v) is 1.62. The Morgan fingerprint density at radius 1 is 1.45 bits per heavy atom. The van der Waals surface area contributed by atoms with Crippen molar-refractivity contribution in [1.29, 1.82) is 0 Å². The Kier molecular flexibility index (Phi) is 4.08. The molecular weight excluding hydrogens is 264 g/mol. The van der Waals surface area contributed by atoms with E-state index < -0.39 is 11.2 Å². The van der Waals surface area contributed by atoms with Crippen LogP contribution in [0.5, 0.6) is 0 Å². The van der Waals surface area contributed by atoms with Crippen LogP contribution in [0.1, 0.15) is 5.82 Å². The molecule has 9 nitrogen and oxygen atoms in total. The van der Waals surface area contributed by atoms with E-state index in [4.69, 9.17) is 0 Å². The molecule has 2 aromatic heterocycles. The van der Waals surface area contributed by atoms with Crippen LogP contribution in [0, 0.1) is 0 Å². The Balaban J connectivity index is 1.90. The van der Waals surface area contributed by atoms with Gasteiger partial charge in [-0.1, -0.05) is 0 Å². The number of hydrogen-bond acceptors (Lipinski definition) is 5. The molecule has 0 aliphatic rings. The summed E-state index contributed by atoms with van der Waals surface area (Å²) in [7, 11) is 1.36. The number of nitrogens with one attached hydrogen (secondary N) is 2. The van der Waals surface area contributed by atoms with Crippen LogP contribution >= 0.6 is 0 Å². The highest BCUT2D eigenvalue weighted by Gasteiger charge is 2.06. The highest BCUT2D eigenvalue weighted by Crippen LogP contribution is 1.86. The van der Waals surface area contributed by atoms with Gasteiger partial charge in [0.2, 0.25) is 5.91 Å². The lowest BCUT2D eigenvalue weighted by molar-refractivity contribution is -0.121. The predicted molar refractivity (Wildman–Crippen MR) is 69.0 cm³/mol. The Hall–Kier alpha value is -2.71. The number of rotatable bonds is 5. The van der Waals surface area contributed by atoms with Crippen LogP contribution in [0.3, 0.4) is 0 Å². The van der Waals surface area contributed by atoms with E-state index in [1.165, 1.54) is 30.2 Å². The smallest absolute Gasteiger partial charge is 0.331 e. The predicted octanol–water partition coefficient (Wildman–Crippen LogP) is -1.98. The van der Waals surface area contributed by atoms with Gasteiger partial charge in [-0.15, -0.1) is 0 Å². The van der Waals surface area contributed by atoms with Gasteiger partial charge in [0.25, 0.3) is 5.56 Å². The summed E-state index contributed by atoms with van der Waals surface area (Å²) in [6, 6.07) is 1.24. The Morgan fingerprint density at radius 2 is 2.25 bits per heavy atom. The van der Waals surface area contributed by atoms with Gasteiger partial charge >= 0.3 is 5.69 Å². The third kappa shape index (κ3) is 3.19. The number of amides is 1. The number of aromatic amines is 1. The maximum Gasteiger partial charge on any atom is 0.331 e. The SMILES string of the molecule is Cn1c(=O)ccn(CC(=O)NCCc2ncn[nH]2)c1=O. The Morgan fingerprint density at radius 3 is 2.95 bits per heavy atom. The number of carbonyl (C=O) groups excluding carboxylic acids is 1. The van der Waals surface area contributed by atoms with E-state index in [0.717, 1.165) is 4.57 Å². The fourth-order valence-electron chi connectivity index (χ4n) is 1.62. The highest BCUT2D eigenvalue weighted by atomic mass is 16.2. The summed E-state index contributed by atoms with van der Waals surface area (Å²) < 4.78 is 2.12. The molecule has 0 unspecified atom stereocenters. The number of hydrogen-bond donors (Lipinski definition) is 2. The minimum atomic E-state index is -0.525. The van der Waals surface area contributed by atoms with Crippen molar-refractivity contribution in [2.75, 3.05) is 6.54 Å². The normalized spacial score (nSPS) is 10.4. The van der Waals surface area contributed by atoms with Gasteiger partial charge in [0.1, 0.15) is 18.7 Å². The lowest BCUT2D eigenvalue weighted by Gasteiger charge is -2.07. The van der Waals surface area contributed by atoms with E-state index in [2.05, 4.69) is 20.5 Å². The maximum atomic E-state index is 11.7. The zero-order valence-corrected chi connectivity index (χ0v) is 10.9. The zero-order valence-electron chi connectivity index (χ0n) is 10.9. The van der Waals surface area contributed by atoms with Crippen LogP contribution in [0.25, 0.3) is 0 Å². The summed E-state index contributed by atoms with van der Waals surface area (Å²) in [4.78, 5) is 38.5. The molecule has 0 atom stereocenters. The van der Waals surface area contributed by atoms with Crippen molar-refractivity contribution in [3.05, 3.63) is 45.3 Å². The fraction of sp³-hybridized carbons (Fsp3) is 0.364. The van der Waals surface area contributed by atoms with E-state index in [-0.39, 0.29) is 12.5 Å². The van der Waals surface area contributed by atoms with Crippen LogP contribution in [0.2, 0.25) is 0 Å². The van der Waals surface area contributed by atoms with Crippen molar-refractivity contribution in [2.45, 2.75) is 13.0 Å². The van der Waals surface area contributed by atoms with Crippen LogP contribution < -0.4 is 16.6 Å². The first kappa shape index (κ1) is 13.7. The van der Waals surface area contributed by atoms with Crippen molar-refractivity contribution in [3.63, 3.8) is 0 Å². The van der Waals surface area contributed by atoms with E-state index in [0.29, 0.717) is 18.8 Å². The van der Waals surface area contributed by atoms with Gasteiger partial charge in [-0.3, -0.25) is 23.8 Å². The lowest BCUT2D eigenvalue weighted by atomic mass is 10.4. The standard InChI is InChI=1S/C11H14N6O3/c1-16-10(19)3-5-17(11(16)20)6-9(18)12-4-2-8-13-7-14-15-8/h3,5,7H,2,4,6H2,1H3,(H,12,18)(H,13,14,15). The largest absolute Gasteiger partial charge is 0.354 e. The molecule has 2 aromatic rings. The summed E-state index contributed by atoms with van der Waals surface area (Å²) in [5.41, 5.74) is -0.931. The molecule has 2 rings (SSSR count). The van der Waals surface area contributed by atoms with E-state index in [1.54, 1.807) is 0 Å². The zero-order chi connectivity index (χ0) is 14.5. The van der Waals surface area contributed by atoms with E-state index in [9.17, 15) is 14.4 Å². The second-order valence-electron chi connectivity index (χ2n) is 4.16. The maximum absolute atomic E-state index is 11.7. The molecule has 106 valence electrons. The van der Waals surface area contributed by atoms with Crippen molar-refractivity contribution < 1.29 is 4.79 Å². The number of carbonyl (C=O) groups is 1. The molecule has 20 heavy (non-hydrogen) atoms. The Bertz CT molecular complexity index is 700. The van der Waals surface area contributed by atoms with Crippen LogP contribution in [0.15, 0.2) is 28.2 Å². The van der Waals surface area contributed by atoms with Gasteiger partial charge in [0, 0.05) is 32.3 Å². The van der Waals surface area contributed by atoms with Crippen LogP contribution in [-0.4, -0.2) is 36.8 Å². The van der Waals surface area contributed by atoms with Crippen molar-refractivity contribution in [3.8, 4) is 0 Å². The van der Waals surface area contributed by atoms with Gasteiger partial charge in [0.15, 0.2) is 0 Å². The lowest BCUT2D eigenvalue weighted by Crippen LogP contribution is -2.40. The van der Waals surface area contributed by atoms with Crippen molar-refractivity contribution in [2.24, 2.45) is 7.05 Å². The van der Waals surface area contributed by atoms with Gasteiger partial charge < -0.3 is 5.32 Å². The molecule has 0 spiro atoms. The van der Waals surface area contributed by atoms with E-state index in [1.807, 2.05) is 0 Å². The molecule has 1 amide bonds. The molecule has 0 radical (unpaired) electrons. The average molecular weight is 278 g/mol. The molecule has 0 aromatic carbocycles. The summed E-state index contributed by atoms with van der Waals surface area (Å²) in [6.45, 7) is 0.248. The molecule has 2 heterocycles. The molecule has 0 saturated heterocycles. The first-order valence-electron chi connectivity index (χ1n) is 5.95.